The molecule has 0 saturated carbocycles. The van der Waals surface area contributed by atoms with Crippen LogP contribution in [0.15, 0.2) is 16.8 Å². The van der Waals surface area contributed by atoms with Gasteiger partial charge in [-0.05, 0) is 12.8 Å². The topological polar surface area (TPSA) is 83.0 Å². The highest BCUT2D eigenvalue weighted by Crippen LogP contribution is 2.19. The number of nitrogens with zero attached hydrogens (tertiary/aromatic N) is 4. The maximum absolute atomic E-state index is 11.8. The van der Waals surface area contributed by atoms with Gasteiger partial charge in [-0.15, -0.1) is 5.10 Å². The lowest BCUT2D eigenvalue weighted by atomic mass is 10.1. The Labute approximate surface area is 110 Å². The first-order valence-corrected chi connectivity index (χ1v) is 6.13. The Morgan fingerprint density at radius 1 is 1.53 bits per heavy atom. The van der Waals surface area contributed by atoms with Gasteiger partial charge in [0.25, 0.3) is 0 Å². The highest BCUT2D eigenvalue weighted by molar-refractivity contribution is 5.88. The monoisotopic (exact) mass is 264 g/mol. The summed E-state index contributed by atoms with van der Waals surface area (Å²) < 4.78 is 11.6. The second kappa shape index (κ2) is 5.64. The first-order valence-electron chi connectivity index (χ1n) is 6.13. The Bertz CT molecular complexity index is 545. The third kappa shape index (κ3) is 2.81. The predicted molar refractivity (Wildman–Crippen MR) is 65.7 cm³/mol. The number of ether oxygens (including phenoxy) is 1. The third-order valence-electron chi connectivity index (χ3n) is 2.59. The average Bonchev–Trinajstić information content (AvgIpc) is 2.99. The van der Waals surface area contributed by atoms with Gasteiger partial charge in [0.1, 0.15) is 6.54 Å². The van der Waals surface area contributed by atoms with Crippen LogP contribution in [0.1, 0.15) is 48.6 Å². The minimum absolute atomic E-state index is 0.0947. The van der Waals surface area contributed by atoms with Crippen molar-refractivity contribution < 1.29 is 14.1 Å². The molecule has 0 bridgehead atoms. The van der Waals surface area contributed by atoms with Gasteiger partial charge in [0.05, 0.1) is 18.5 Å². The largest absolute Gasteiger partial charge is 0.461 e. The molecule has 0 unspecified atom stereocenters. The first-order chi connectivity index (χ1) is 9.13. The van der Waals surface area contributed by atoms with Gasteiger partial charge in [0.2, 0.25) is 0 Å². The fourth-order valence-corrected chi connectivity index (χ4v) is 1.82. The van der Waals surface area contributed by atoms with Crippen molar-refractivity contribution in [3.63, 3.8) is 0 Å². The van der Waals surface area contributed by atoms with Gasteiger partial charge >= 0.3 is 5.97 Å². The number of esters is 1. The van der Waals surface area contributed by atoms with Crippen LogP contribution in [0, 0.1) is 0 Å². The predicted octanol–water partition coefficient (Wildman–Crippen LogP) is 1.61. The number of aromatic nitrogens is 4. The van der Waals surface area contributed by atoms with Crippen LogP contribution in [-0.2, 0) is 11.3 Å². The molecule has 7 nitrogen and oxygen atoms in total. The van der Waals surface area contributed by atoms with Crippen LogP contribution in [0.3, 0.4) is 0 Å². The normalized spacial score (nSPS) is 10.9. The van der Waals surface area contributed by atoms with E-state index in [0.29, 0.717) is 18.9 Å². The molecule has 0 amide bonds. The van der Waals surface area contributed by atoms with E-state index in [0.717, 1.165) is 5.69 Å². The van der Waals surface area contributed by atoms with Gasteiger partial charge in [-0.1, -0.05) is 24.2 Å². The van der Waals surface area contributed by atoms with Crippen LogP contribution >= 0.6 is 0 Å². The first kappa shape index (κ1) is 13.3. The summed E-state index contributed by atoms with van der Waals surface area (Å²) in [5, 5.41) is 11.5. The van der Waals surface area contributed by atoms with Crippen molar-refractivity contribution in [1.82, 2.24) is 20.2 Å². The Hall–Kier alpha value is -2.18. The molecule has 0 N–H and O–H groups in total. The number of carbonyl (C=O) groups excluding carboxylic acids is 1. The maximum atomic E-state index is 11.8. The second-order valence-electron chi connectivity index (χ2n) is 4.33. The lowest BCUT2D eigenvalue weighted by Gasteiger charge is -2.09. The van der Waals surface area contributed by atoms with E-state index >= 15 is 0 Å². The van der Waals surface area contributed by atoms with Crippen LogP contribution in [0.4, 0.5) is 0 Å². The highest BCUT2D eigenvalue weighted by atomic mass is 16.5. The van der Waals surface area contributed by atoms with E-state index in [1.54, 1.807) is 23.9 Å². The molecule has 0 aromatic carbocycles. The summed E-state index contributed by atoms with van der Waals surface area (Å²) in [7, 11) is 0. The smallest absolute Gasteiger partial charge is 0.360 e. The lowest BCUT2D eigenvalue weighted by Crippen LogP contribution is -2.12. The summed E-state index contributed by atoms with van der Waals surface area (Å²) in [5.74, 6) is 0.301. The lowest BCUT2D eigenvalue weighted by molar-refractivity contribution is 0.0517. The summed E-state index contributed by atoms with van der Waals surface area (Å²) in [6, 6.07) is 1.75. The third-order valence-corrected chi connectivity index (χ3v) is 2.59. The fourth-order valence-electron chi connectivity index (χ4n) is 1.82. The molecule has 2 heterocycles. The molecule has 0 aliphatic heterocycles. The molecule has 19 heavy (non-hydrogen) atoms. The van der Waals surface area contributed by atoms with E-state index < -0.39 is 5.97 Å². The summed E-state index contributed by atoms with van der Waals surface area (Å²) >= 11 is 0. The molecule has 0 aliphatic rings. The maximum Gasteiger partial charge on any atom is 0.360 e. The number of rotatable bonds is 5. The van der Waals surface area contributed by atoms with Gasteiger partial charge in [0, 0.05) is 6.07 Å². The van der Waals surface area contributed by atoms with Gasteiger partial charge in [-0.2, -0.15) is 0 Å². The average molecular weight is 264 g/mol. The van der Waals surface area contributed by atoms with E-state index in [2.05, 4.69) is 15.5 Å². The SMILES string of the molecule is CCOC(=O)c1nnn(Cc2ccno2)c1C(C)C. The minimum Gasteiger partial charge on any atom is -0.461 e. The molecule has 7 heteroatoms. The Morgan fingerprint density at radius 2 is 2.32 bits per heavy atom. The summed E-state index contributed by atoms with van der Waals surface area (Å²) in [6.45, 7) is 6.40. The molecule has 2 rings (SSSR count). The molecule has 0 fully saturated rings. The highest BCUT2D eigenvalue weighted by Gasteiger charge is 2.23. The van der Waals surface area contributed by atoms with Crippen LogP contribution < -0.4 is 0 Å². The van der Waals surface area contributed by atoms with Crippen molar-refractivity contribution in [2.45, 2.75) is 33.2 Å². The zero-order valence-corrected chi connectivity index (χ0v) is 11.2. The Balaban J connectivity index is 2.31. The molecule has 2 aromatic rings. The van der Waals surface area contributed by atoms with E-state index in [1.165, 1.54) is 0 Å². The van der Waals surface area contributed by atoms with E-state index in [4.69, 9.17) is 9.26 Å². The Kier molecular flexibility index (Phi) is 3.94. The number of carbonyl (C=O) groups is 1. The quantitative estimate of drug-likeness (QED) is 0.763. The molecule has 0 atom stereocenters. The summed E-state index contributed by atoms with van der Waals surface area (Å²) in [4.78, 5) is 11.8. The van der Waals surface area contributed by atoms with Crippen LogP contribution in [-0.4, -0.2) is 32.7 Å². The van der Waals surface area contributed by atoms with Crippen molar-refractivity contribution in [2.24, 2.45) is 0 Å². The molecule has 0 saturated heterocycles. The van der Waals surface area contributed by atoms with E-state index in [-0.39, 0.29) is 11.6 Å². The molecule has 102 valence electrons. The second-order valence-corrected chi connectivity index (χ2v) is 4.33. The summed E-state index contributed by atoms with van der Waals surface area (Å²) in [5.41, 5.74) is 0.992. The molecule has 0 spiro atoms. The van der Waals surface area contributed by atoms with Crippen molar-refractivity contribution in [3.05, 3.63) is 29.4 Å². The van der Waals surface area contributed by atoms with Crippen molar-refractivity contribution >= 4 is 5.97 Å². The minimum atomic E-state index is -0.449. The van der Waals surface area contributed by atoms with E-state index in [1.807, 2.05) is 13.8 Å². The molecule has 2 aromatic heterocycles. The number of hydrogen-bond donors (Lipinski definition) is 0. The number of hydrogen-bond acceptors (Lipinski definition) is 6. The van der Waals surface area contributed by atoms with Crippen molar-refractivity contribution in [3.8, 4) is 0 Å². The van der Waals surface area contributed by atoms with Crippen LogP contribution in [0.5, 0.6) is 0 Å². The zero-order valence-electron chi connectivity index (χ0n) is 11.2. The van der Waals surface area contributed by atoms with Gasteiger partial charge in [0.15, 0.2) is 11.5 Å². The molecule has 0 aliphatic carbocycles. The van der Waals surface area contributed by atoms with Gasteiger partial charge in [-0.25, -0.2) is 9.48 Å². The molecular weight excluding hydrogens is 248 g/mol. The van der Waals surface area contributed by atoms with Crippen molar-refractivity contribution in [1.29, 1.82) is 0 Å². The van der Waals surface area contributed by atoms with Crippen LogP contribution in [0.2, 0.25) is 0 Å². The standard InChI is InChI=1S/C12H16N4O3/c1-4-18-12(17)10-11(8(2)3)16(15-14-10)7-9-5-6-13-19-9/h5-6,8H,4,7H2,1-3H3. The molecular formula is C12H16N4O3. The van der Waals surface area contributed by atoms with Gasteiger partial charge in [-0.3, -0.25) is 0 Å². The Morgan fingerprint density at radius 3 is 2.89 bits per heavy atom. The molecule has 0 radical (unpaired) electrons. The van der Waals surface area contributed by atoms with Crippen molar-refractivity contribution in [2.75, 3.05) is 6.61 Å². The van der Waals surface area contributed by atoms with Gasteiger partial charge < -0.3 is 9.26 Å². The van der Waals surface area contributed by atoms with E-state index in [9.17, 15) is 4.79 Å². The summed E-state index contributed by atoms with van der Waals surface area (Å²) in [6.07, 6.45) is 1.56. The van der Waals surface area contributed by atoms with Crippen LogP contribution in [0.25, 0.3) is 0 Å². The zero-order chi connectivity index (χ0) is 13.8. The fraction of sp³-hybridized carbons (Fsp3) is 0.500.